The van der Waals surface area contributed by atoms with Crippen molar-refractivity contribution in [2.75, 3.05) is 0 Å². The summed E-state index contributed by atoms with van der Waals surface area (Å²) in [5, 5.41) is 12.1. The minimum Gasteiger partial charge on any atom is -0.219 e. The van der Waals surface area contributed by atoms with Gasteiger partial charge in [0.1, 0.15) is 0 Å². The third-order valence-electron chi connectivity index (χ3n) is 1.52. The van der Waals surface area contributed by atoms with E-state index in [1.165, 1.54) is 0 Å². The molecule has 0 amide bonds. The van der Waals surface area contributed by atoms with Crippen molar-refractivity contribution in [3.8, 4) is 0 Å². The lowest BCUT2D eigenvalue weighted by atomic mass is 10.5. The second-order valence-electron chi connectivity index (χ2n) is 2.44. The van der Waals surface area contributed by atoms with Crippen LogP contribution in [0.15, 0.2) is 16.3 Å². The molecule has 0 aromatic carbocycles. The van der Waals surface area contributed by atoms with Crippen molar-refractivity contribution in [1.29, 1.82) is 0 Å². The van der Waals surface area contributed by atoms with Gasteiger partial charge in [-0.1, -0.05) is 0 Å². The van der Waals surface area contributed by atoms with Gasteiger partial charge in [-0.15, -0.1) is 5.11 Å². The molecule has 0 bridgehead atoms. The van der Waals surface area contributed by atoms with Crippen LogP contribution in [0.1, 0.15) is 18.8 Å². The Morgan fingerprint density at radius 1 is 1.60 bits per heavy atom. The van der Waals surface area contributed by atoms with E-state index in [4.69, 9.17) is 0 Å². The monoisotopic (exact) mass is 136 g/mol. The van der Waals surface area contributed by atoms with Gasteiger partial charge in [0, 0.05) is 6.07 Å². The Bertz CT molecular complexity index is 286. The highest BCUT2D eigenvalue weighted by Gasteiger charge is 2.15. The van der Waals surface area contributed by atoms with E-state index < -0.39 is 0 Å². The molecule has 52 valence electrons. The summed E-state index contributed by atoms with van der Waals surface area (Å²) < 4.78 is 1.81. The fourth-order valence-corrected chi connectivity index (χ4v) is 1.04. The summed E-state index contributed by atoms with van der Waals surface area (Å²) >= 11 is 0. The highest BCUT2D eigenvalue weighted by atomic mass is 15.5. The molecule has 1 aliphatic heterocycles. The van der Waals surface area contributed by atoms with Crippen LogP contribution in [0.5, 0.6) is 0 Å². The van der Waals surface area contributed by atoms with Gasteiger partial charge < -0.3 is 0 Å². The fraction of sp³-hybridized carbons (Fsp3) is 0.500. The maximum Gasteiger partial charge on any atom is 0.175 e. The highest BCUT2D eigenvalue weighted by molar-refractivity contribution is 5.30. The van der Waals surface area contributed by atoms with Crippen LogP contribution in [-0.2, 0) is 0 Å². The summed E-state index contributed by atoms with van der Waals surface area (Å²) in [5.74, 6) is 0.866. The van der Waals surface area contributed by atoms with Crippen LogP contribution in [0.2, 0.25) is 0 Å². The summed E-state index contributed by atoms with van der Waals surface area (Å²) in [6.07, 6.45) is 0.0868. The summed E-state index contributed by atoms with van der Waals surface area (Å²) in [4.78, 5) is 0. The van der Waals surface area contributed by atoms with Gasteiger partial charge in [-0.05, 0) is 13.8 Å². The fourth-order valence-electron chi connectivity index (χ4n) is 1.04. The van der Waals surface area contributed by atoms with Crippen molar-refractivity contribution >= 4 is 5.82 Å². The molecule has 4 nitrogen and oxygen atoms in total. The molecule has 1 aromatic rings. The number of rotatable bonds is 0. The maximum atomic E-state index is 4.20. The number of hydrogen-bond donors (Lipinski definition) is 0. The zero-order valence-electron chi connectivity index (χ0n) is 5.94. The van der Waals surface area contributed by atoms with Gasteiger partial charge in [-0.2, -0.15) is 10.2 Å². The Morgan fingerprint density at radius 2 is 2.40 bits per heavy atom. The minimum atomic E-state index is 0.0868. The zero-order valence-corrected chi connectivity index (χ0v) is 5.94. The molecule has 0 saturated heterocycles. The quantitative estimate of drug-likeness (QED) is 0.536. The Labute approximate surface area is 58.6 Å². The topological polar surface area (TPSA) is 42.5 Å². The molecular formula is C6H8N4. The Morgan fingerprint density at radius 3 is 3.10 bits per heavy atom. The molecule has 4 heteroatoms. The predicted octanol–water partition coefficient (Wildman–Crippen LogP) is 1.81. The molecule has 2 heterocycles. The molecule has 0 saturated carbocycles. The normalized spacial score (nSPS) is 21.6. The predicted molar refractivity (Wildman–Crippen MR) is 36.2 cm³/mol. The lowest BCUT2D eigenvalue weighted by Crippen LogP contribution is -1.98. The minimum absolute atomic E-state index is 0.0868. The first kappa shape index (κ1) is 5.58. The van der Waals surface area contributed by atoms with Crippen LogP contribution in [-0.4, -0.2) is 9.78 Å². The smallest absolute Gasteiger partial charge is 0.175 e. The van der Waals surface area contributed by atoms with Crippen LogP contribution in [0.3, 0.4) is 0 Å². The standard InChI is InChI=1S/C6H8N4/c1-4-3-6-8-7-5(2)10(6)9-4/h3,5H,1-2H3. The van der Waals surface area contributed by atoms with Gasteiger partial charge in [0.05, 0.1) is 5.69 Å². The first-order valence-corrected chi connectivity index (χ1v) is 3.24. The van der Waals surface area contributed by atoms with E-state index in [1.807, 2.05) is 24.6 Å². The molecule has 0 radical (unpaired) electrons. The molecule has 0 spiro atoms. The van der Waals surface area contributed by atoms with E-state index >= 15 is 0 Å². The van der Waals surface area contributed by atoms with Crippen molar-refractivity contribution in [3.05, 3.63) is 11.8 Å². The van der Waals surface area contributed by atoms with Gasteiger partial charge >= 0.3 is 0 Å². The third kappa shape index (κ3) is 0.586. The average molecular weight is 136 g/mol. The Balaban J connectivity index is 2.58. The number of hydrogen-bond acceptors (Lipinski definition) is 3. The summed E-state index contributed by atoms with van der Waals surface area (Å²) in [7, 11) is 0. The largest absolute Gasteiger partial charge is 0.219 e. The molecule has 1 aliphatic rings. The van der Waals surface area contributed by atoms with Crippen molar-refractivity contribution in [1.82, 2.24) is 9.78 Å². The van der Waals surface area contributed by atoms with E-state index in [-0.39, 0.29) is 6.17 Å². The molecule has 0 fully saturated rings. The van der Waals surface area contributed by atoms with E-state index in [0.717, 1.165) is 11.5 Å². The number of fused-ring (bicyclic) bond motifs is 1. The second kappa shape index (κ2) is 1.65. The van der Waals surface area contributed by atoms with Crippen LogP contribution in [0.4, 0.5) is 5.82 Å². The van der Waals surface area contributed by atoms with Crippen molar-refractivity contribution in [2.24, 2.45) is 10.2 Å². The average Bonchev–Trinajstić information content (AvgIpc) is 2.35. The first-order valence-electron chi connectivity index (χ1n) is 3.24. The molecule has 1 atom stereocenters. The van der Waals surface area contributed by atoms with Gasteiger partial charge in [0.15, 0.2) is 12.0 Å². The van der Waals surface area contributed by atoms with E-state index in [1.54, 1.807) is 0 Å². The van der Waals surface area contributed by atoms with Gasteiger partial charge in [0.25, 0.3) is 0 Å². The lowest BCUT2D eigenvalue weighted by Gasteiger charge is -1.97. The molecule has 1 unspecified atom stereocenters. The molecule has 0 aliphatic carbocycles. The summed E-state index contributed by atoms with van der Waals surface area (Å²) in [6, 6.07) is 1.92. The van der Waals surface area contributed by atoms with Crippen LogP contribution in [0.25, 0.3) is 0 Å². The van der Waals surface area contributed by atoms with Gasteiger partial charge in [-0.25, -0.2) is 4.68 Å². The van der Waals surface area contributed by atoms with Crippen LogP contribution in [0, 0.1) is 6.92 Å². The van der Waals surface area contributed by atoms with Crippen molar-refractivity contribution in [2.45, 2.75) is 20.0 Å². The third-order valence-corrected chi connectivity index (χ3v) is 1.52. The first-order chi connectivity index (χ1) is 4.77. The van der Waals surface area contributed by atoms with E-state index in [2.05, 4.69) is 15.3 Å². The van der Waals surface area contributed by atoms with E-state index in [0.29, 0.717) is 0 Å². The zero-order chi connectivity index (χ0) is 7.14. The molecule has 1 aromatic heterocycles. The van der Waals surface area contributed by atoms with Crippen molar-refractivity contribution in [3.63, 3.8) is 0 Å². The number of azo groups is 1. The second-order valence-corrected chi connectivity index (χ2v) is 2.44. The Kier molecular flexibility index (Phi) is 0.922. The number of aryl methyl sites for hydroxylation is 1. The molecular weight excluding hydrogens is 128 g/mol. The van der Waals surface area contributed by atoms with Crippen LogP contribution >= 0.6 is 0 Å². The molecule has 10 heavy (non-hydrogen) atoms. The van der Waals surface area contributed by atoms with E-state index in [9.17, 15) is 0 Å². The maximum absolute atomic E-state index is 4.20. The Hall–Kier alpha value is -1.19. The van der Waals surface area contributed by atoms with Crippen molar-refractivity contribution < 1.29 is 0 Å². The number of aromatic nitrogens is 2. The summed E-state index contributed by atoms with van der Waals surface area (Å²) in [6.45, 7) is 3.92. The highest BCUT2D eigenvalue weighted by Crippen LogP contribution is 2.27. The van der Waals surface area contributed by atoms with Crippen LogP contribution < -0.4 is 0 Å². The van der Waals surface area contributed by atoms with Gasteiger partial charge in [0.2, 0.25) is 0 Å². The molecule has 2 rings (SSSR count). The SMILES string of the molecule is Cc1cc2n(n1)C(C)N=N2. The van der Waals surface area contributed by atoms with Gasteiger partial charge in [-0.3, -0.25) is 0 Å². The summed E-state index contributed by atoms with van der Waals surface area (Å²) in [5.41, 5.74) is 1.00. The number of nitrogens with zero attached hydrogens (tertiary/aromatic N) is 4. The molecule has 0 N–H and O–H groups in total. The lowest BCUT2D eigenvalue weighted by molar-refractivity contribution is 0.534.